The van der Waals surface area contributed by atoms with E-state index < -0.39 is 0 Å². The summed E-state index contributed by atoms with van der Waals surface area (Å²) in [5.74, 6) is -0.0247. The van der Waals surface area contributed by atoms with E-state index in [1.54, 1.807) is 0 Å². The maximum Gasteiger partial charge on any atom is 0.263 e. The zero-order valence-corrected chi connectivity index (χ0v) is 11.9. The van der Waals surface area contributed by atoms with Crippen LogP contribution < -0.4 is 10.6 Å². The zero-order valence-electron chi connectivity index (χ0n) is 9.49. The Morgan fingerprint density at radius 1 is 1.31 bits per heavy atom. The number of amides is 1. The molecule has 0 atom stereocenters. The number of aryl methyl sites for hydroxylation is 2. The minimum Gasteiger partial charge on any atom is -0.350 e. The summed E-state index contributed by atoms with van der Waals surface area (Å²) in [4.78, 5) is 16.5. The summed E-state index contributed by atoms with van der Waals surface area (Å²) >= 11 is 1.44. The number of hydrogen-bond donors (Lipinski definition) is 2. The van der Waals surface area contributed by atoms with Gasteiger partial charge in [-0.15, -0.1) is 36.2 Å². The molecule has 2 N–H and O–H groups in total. The van der Waals surface area contributed by atoms with Gasteiger partial charge in [0, 0.05) is 13.1 Å². The Labute approximate surface area is 112 Å². The highest BCUT2D eigenvalue weighted by molar-refractivity contribution is 7.13. The fourth-order valence-corrected chi connectivity index (χ4v) is 1.96. The summed E-state index contributed by atoms with van der Waals surface area (Å²) in [6, 6.07) is 0. The number of rotatable bonds is 4. The van der Waals surface area contributed by atoms with Crippen molar-refractivity contribution in [3.8, 4) is 0 Å². The Hall–Kier alpha value is -0.360. The van der Waals surface area contributed by atoms with E-state index in [2.05, 4.69) is 15.6 Å². The van der Waals surface area contributed by atoms with Crippen LogP contribution in [-0.4, -0.2) is 31.0 Å². The first-order valence-corrected chi connectivity index (χ1v) is 5.33. The normalized spacial score (nSPS) is 8.94. The molecule has 4 nitrogen and oxygen atoms in total. The van der Waals surface area contributed by atoms with E-state index in [1.165, 1.54) is 11.3 Å². The van der Waals surface area contributed by atoms with Crippen molar-refractivity contribution < 1.29 is 4.79 Å². The summed E-state index contributed by atoms with van der Waals surface area (Å²) in [5, 5.41) is 6.72. The second-order valence-corrected chi connectivity index (χ2v) is 4.21. The predicted molar refractivity (Wildman–Crippen MR) is 72.3 cm³/mol. The van der Waals surface area contributed by atoms with E-state index in [1.807, 2.05) is 20.9 Å². The van der Waals surface area contributed by atoms with Crippen molar-refractivity contribution in [1.82, 2.24) is 15.6 Å². The Balaban J connectivity index is 0. The molecule has 94 valence electrons. The van der Waals surface area contributed by atoms with Gasteiger partial charge >= 0.3 is 0 Å². The van der Waals surface area contributed by atoms with Crippen LogP contribution in [-0.2, 0) is 0 Å². The lowest BCUT2D eigenvalue weighted by Gasteiger charge is -2.02. The monoisotopic (exact) mass is 285 g/mol. The van der Waals surface area contributed by atoms with Crippen LogP contribution in [0.25, 0.3) is 0 Å². The Kier molecular flexibility index (Phi) is 9.86. The largest absolute Gasteiger partial charge is 0.350 e. The maximum absolute atomic E-state index is 11.6. The van der Waals surface area contributed by atoms with Crippen LogP contribution in [0.5, 0.6) is 0 Å². The fraction of sp³-hybridized carbons (Fsp3) is 0.556. The van der Waals surface area contributed by atoms with Gasteiger partial charge in [0.25, 0.3) is 5.91 Å². The highest BCUT2D eigenvalue weighted by atomic mass is 35.5. The highest BCUT2D eigenvalue weighted by Crippen LogP contribution is 2.16. The summed E-state index contributed by atoms with van der Waals surface area (Å²) in [6.45, 7) is 5.19. The molecule has 0 aliphatic carbocycles. The van der Waals surface area contributed by atoms with Crippen molar-refractivity contribution in [3.05, 3.63) is 15.6 Å². The van der Waals surface area contributed by atoms with E-state index in [9.17, 15) is 4.79 Å². The van der Waals surface area contributed by atoms with Crippen LogP contribution >= 0.6 is 36.2 Å². The lowest BCUT2D eigenvalue weighted by Crippen LogP contribution is -2.30. The average Bonchev–Trinajstić information content (AvgIpc) is 2.45. The van der Waals surface area contributed by atoms with Gasteiger partial charge in [0.15, 0.2) is 0 Å². The topological polar surface area (TPSA) is 54.0 Å². The van der Waals surface area contributed by atoms with Crippen molar-refractivity contribution in [3.63, 3.8) is 0 Å². The molecule has 7 heteroatoms. The minimum absolute atomic E-state index is 0. The number of thiazole rings is 1. The molecule has 0 aliphatic heterocycles. The highest BCUT2D eigenvalue weighted by Gasteiger charge is 2.12. The summed E-state index contributed by atoms with van der Waals surface area (Å²) < 4.78 is 0. The molecule has 1 aromatic heterocycles. The van der Waals surface area contributed by atoms with Crippen molar-refractivity contribution in [2.24, 2.45) is 0 Å². The van der Waals surface area contributed by atoms with Gasteiger partial charge in [-0.05, 0) is 20.9 Å². The van der Waals surface area contributed by atoms with Gasteiger partial charge in [-0.2, -0.15) is 0 Å². The molecule has 0 spiro atoms. The molecular weight excluding hydrogens is 269 g/mol. The first-order valence-electron chi connectivity index (χ1n) is 4.52. The average molecular weight is 286 g/mol. The number of carbonyl (C=O) groups excluding carboxylic acids is 1. The van der Waals surface area contributed by atoms with Crippen molar-refractivity contribution in [2.75, 3.05) is 20.1 Å². The second-order valence-electron chi connectivity index (χ2n) is 3.01. The van der Waals surface area contributed by atoms with Crippen LogP contribution in [0, 0.1) is 13.8 Å². The molecule has 1 heterocycles. The zero-order chi connectivity index (χ0) is 10.6. The summed E-state index contributed by atoms with van der Waals surface area (Å²) in [5.41, 5.74) is 0.814. The van der Waals surface area contributed by atoms with Crippen molar-refractivity contribution in [2.45, 2.75) is 13.8 Å². The Morgan fingerprint density at radius 2 is 1.94 bits per heavy atom. The van der Waals surface area contributed by atoms with Crippen LogP contribution in [0.1, 0.15) is 20.4 Å². The quantitative estimate of drug-likeness (QED) is 0.826. The number of nitrogens with zero attached hydrogens (tertiary/aromatic N) is 1. The molecule has 0 bridgehead atoms. The van der Waals surface area contributed by atoms with Gasteiger partial charge < -0.3 is 10.6 Å². The summed E-state index contributed by atoms with van der Waals surface area (Å²) in [6.07, 6.45) is 0. The van der Waals surface area contributed by atoms with Crippen LogP contribution in [0.2, 0.25) is 0 Å². The third-order valence-electron chi connectivity index (χ3n) is 1.77. The van der Waals surface area contributed by atoms with Crippen LogP contribution in [0.3, 0.4) is 0 Å². The molecular formula is C9H17Cl2N3OS. The van der Waals surface area contributed by atoms with Gasteiger partial charge in [-0.1, -0.05) is 0 Å². The third-order valence-corrected chi connectivity index (χ3v) is 2.84. The molecule has 0 saturated heterocycles. The van der Waals surface area contributed by atoms with Gasteiger partial charge in [-0.25, -0.2) is 4.98 Å². The number of aromatic nitrogens is 1. The molecule has 1 rings (SSSR count). The van der Waals surface area contributed by atoms with Crippen LogP contribution in [0.15, 0.2) is 0 Å². The van der Waals surface area contributed by atoms with Crippen LogP contribution in [0.4, 0.5) is 0 Å². The number of carbonyl (C=O) groups is 1. The van der Waals surface area contributed by atoms with E-state index >= 15 is 0 Å². The standard InChI is InChI=1S/C9H15N3OS.2ClH/c1-6-8(14-7(2)12-6)9(13)11-5-4-10-3;;/h10H,4-5H2,1-3H3,(H,11,13);2*1H. The molecule has 0 saturated carbocycles. The van der Waals surface area contributed by atoms with E-state index in [-0.39, 0.29) is 30.7 Å². The lowest BCUT2D eigenvalue weighted by molar-refractivity contribution is 0.0957. The molecule has 0 fully saturated rings. The van der Waals surface area contributed by atoms with E-state index in [4.69, 9.17) is 0 Å². The number of hydrogen-bond acceptors (Lipinski definition) is 4. The first-order chi connectivity index (χ1) is 6.65. The Bertz CT molecular complexity index is 331. The lowest BCUT2D eigenvalue weighted by atomic mass is 10.4. The maximum atomic E-state index is 11.6. The fourth-order valence-electron chi connectivity index (χ4n) is 1.12. The molecule has 0 aliphatic rings. The number of likely N-dealkylation sites (N-methyl/N-ethyl adjacent to an activating group) is 1. The molecule has 1 amide bonds. The van der Waals surface area contributed by atoms with E-state index in [0.29, 0.717) is 6.54 Å². The van der Waals surface area contributed by atoms with Crippen molar-refractivity contribution in [1.29, 1.82) is 0 Å². The third kappa shape index (κ3) is 5.12. The molecule has 16 heavy (non-hydrogen) atoms. The number of halogens is 2. The minimum atomic E-state index is -0.0247. The smallest absolute Gasteiger partial charge is 0.263 e. The Morgan fingerprint density at radius 3 is 2.38 bits per heavy atom. The molecule has 0 radical (unpaired) electrons. The molecule has 0 unspecified atom stereocenters. The van der Waals surface area contributed by atoms with Gasteiger partial charge in [0.2, 0.25) is 0 Å². The van der Waals surface area contributed by atoms with Crippen molar-refractivity contribution >= 4 is 42.1 Å². The molecule has 1 aromatic rings. The predicted octanol–water partition coefficient (Wildman–Crippen LogP) is 1.55. The number of nitrogens with one attached hydrogen (secondary N) is 2. The van der Waals surface area contributed by atoms with Gasteiger partial charge in [-0.3, -0.25) is 4.79 Å². The SMILES string of the molecule is CNCCNC(=O)c1sc(C)nc1C.Cl.Cl. The van der Waals surface area contributed by atoms with Gasteiger partial charge in [0.05, 0.1) is 10.7 Å². The van der Waals surface area contributed by atoms with Gasteiger partial charge in [0.1, 0.15) is 4.88 Å². The second kappa shape index (κ2) is 8.75. The summed E-state index contributed by atoms with van der Waals surface area (Å²) in [7, 11) is 1.86. The van der Waals surface area contributed by atoms with E-state index in [0.717, 1.165) is 22.1 Å². The first kappa shape index (κ1) is 18.0. The molecule has 0 aromatic carbocycles.